The number of rotatable bonds is 0. The van der Waals surface area contributed by atoms with Crippen LogP contribution in [0.2, 0.25) is 0 Å². The summed E-state index contributed by atoms with van der Waals surface area (Å²) < 4.78 is 0. The molecule has 0 bridgehead atoms. The molecule has 0 aliphatic rings. The Morgan fingerprint density at radius 3 is 1.25 bits per heavy atom. The molecule has 0 aromatic heterocycles. The maximum absolute atomic E-state index is 0. The average Bonchev–Trinajstić information content (AvgIpc) is 0. The first-order valence-electron chi connectivity index (χ1n) is 0. The summed E-state index contributed by atoms with van der Waals surface area (Å²) in [6.07, 6.45) is 0. The van der Waals surface area contributed by atoms with Crippen molar-refractivity contribution in [3.8, 4) is 0 Å². The van der Waals surface area contributed by atoms with Crippen LogP contribution >= 0.6 is 0 Å². The molecule has 4 heavy (non-hydrogen) atoms. The first-order valence-corrected chi connectivity index (χ1v) is 0. The fourth-order valence-corrected chi connectivity index (χ4v) is 0. The van der Waals surface area contributed by atoms with Crippen LogP contribution < -0.4 is 0 Å². The standard InChI is InChI=1S/Be.Cu.Mn.Zr.2H/q+2;;;;2*-1. The summed E-state index contributed by atoms with van der Waals surface area (Å²) in [4.78, 5) is 0. The zero-order chi connectivity index (χ0) is 0. The van der Waals surface area contributed by atoms with Gasteiger partial charge >= 0.3 is 10.1 Å². The molecule has 0 atom stereocenters. The van der Waals surface area contributed by atoms with Gasteiger partial charge in [-0.1, -0.05) is 0 Å². The minimum absolute atomic E-state index is 0. The molecule has 0 fully saturated rings. The third kappa shape index (κ3) is 8.94. The molecule has 0 saturated carbocycles. The Balaban J connectivity index is 0. The second-order valence-corrected chi connectivity index (χ2v) is 0. The Kier molecular flexibility index (Phi) is 176. The normalized spacial score (nSPS) is 0. The molecule has 0 rings (SSSR count). The van der Waals surface area contributed by atoms with Crippen molar-refractivity contribution in [3.63, 3.8) is 0 Å². The van der Waals surface area contributed by atoms with E-state index >= 15 is 0 Å². The van der Waals surface area contributed by atoms with E-state index in [9.17, 15) is 0 Å². The Labute approximate surface area is 72.7 Å². The molecule has 0 aromatic rings. The molecule has 0 unspecified atom stereocenters. The molecule has 0 saturated heterocycles. The fraction of sp³-hybridized carbons (Fsp3) is 0. The summed E-state index contributed by atoms with van der Waals surface area (Å²) in [5, 5.41) is 0. The van der Waals surface area contributed by atoms with Gasteiger partial charge in [0.25, 0.3) is 0 Å². The van der Waals surface area contributed by atoms with E-state index in [1.807, 2.05) is 0 Å². The van der Waals surface area contributed by atoms with Crippen molar-refractivity contribution in [3.05, 3.63) is 0 Å². The van der Waals surface area contributed by atoms with E-state index in [0.29, 0.717) is 0 Å². The van der Waals surface area contributed by atoms with E-state index in [-0.39, 0.29) is 73.3 Å². The maximum atomic E-state index is 0. The zero-order valence-electron chi connectivity index (χ0n) is 3.89. The zero-order valence-corrected chi connectivity index (χ0v) is 6.47. The smallest absolute Gasteiger partial charge is 1.00 e. The van der Waals surface area contributed by atoms with E-state index in [1.165, 1.54) is 0 Å². The Morgan fingerprint density at radius 2 is 1.25 bits per heavy atom. The van der Waals surface area contributed by atoms with Gasteiger partial charge in [-0.25, -0.2) is 0 Å². The molecule has 0 amide bonds. The molecule has 0 heterocycles. The molecule has 0 aromatic carbocycles. The summed E-state index contributed by atoms with van der Waals surface area (Å²) >= 11 is 0. The van der Waals surface area contributed by atoms with Crippen LogP contribution in [0.3, 0.4) is 0 Å². The van der Waals surface area contributed by atoms with E-state index in [1.54, 1.807) is 0 Å². The van der Waals surface area contributed by atoms with Crippen molar-refractivity contribution in [1.82, 2.24) is 0 Å². The molecule has 0 nitrogen and oxygen atoms in total. The Morgan fingerprint density at radius 1 is 1.25 bits per heavy atom. The van der Waals surface area contributed by atoms with Crippen LogP contribution in [0.25, 0.3) is 0 Å². The number of hydrogen-bond acceptors (Lipinski definition) is 0. The third-order valence-corrected chi connectivity index (χ3v) is 0. The van der Waals surface area contributed by atoms with Crippen molar-refractivity contribution < 1.29 is 63.2 Å². The van der Waals surface area contributed by atoms with Gasteiger partial charge in [0.2, 0.25) is 0 Å². The van der Waals surface area contributed by atoms with Gasteiger partial charge in [0.1, 0.15) is 0 Å². The predicted octanol–water partition coefficient (Wildman–Crippen LogP) is -0.163. The van der Waals surface area contributed by atoms with Crippen LogP contribution in [0, 0.1) is 0 Å². The molecule has 0 aliphatic carbocycles. The average molecular weight is 221 g/mol. The predicted molar refractivity (Wildman–Crippen MR) is 7.98 cm³/mol. The maximum Gasteiger partial charge on any atom is 2.00 e. The van der Waals surface area contributed by atoms with Crippen molar-refractivity contribution in [1.29, 1.82) is 0 Å². The number of hydrogen-bond donors (Lipinski definition) is 0. The summed E-state index contributed by atoms with van der Waals surface area (Å²) in [6, 6.07) is 0. The van der Waals surface area contributed by atoms with Gasteiger partial charge in [-0.3, -0.25) is 0 Å². The van der Waals surface area contributed by atoms with Crippen molar-refractivity contribution in [2.24, 2.45) is 0 Å². The summed E-state index contributed by atoms with van der Waals surface area (Å²) in [7, 11) is 0. The Hall–Kier alpha value is 2.09. The Bertz CT molecular complexity index is 13.5. The van der Waals surface area contributed by atoms with E-state index in [4.69, 9.17) is 0 Å². The van der Waals surface area contributed by atoms with Gasteiger partial charge in [-0.15, -0.1) is 0 Å². The monoisotopic (exact) mass is 219 g/mol. The largest absolute Gasteiger partial charge is 2.00 e. The van der Waals surface area contributed by atoms with Gasteiger partial charge in [0.15, 0.2) is 0 Å². The summed E-state index contributed by atoms with van der Waals surface area (Å²) in [5.74, 6) is 0. The van der Waals surface area contributed by atoms with Crippen LogP contribution in [0.1, 0.15) is 2.85 Å². The van der Waals surface area contributed by atoms with Gasteiger partial charge in [0.05, 0.1) is 0 Å². The van der Waals surface area contributed by atoms with E-state index in [0.717, 1.165) is 0 Å². The minimum Gasteiger partial charge on any atom is -1.00 e. The van der Waals surface area contributed by atoms with Crippen LogP contribution in [0.15, 0.2) is 0 Å². The third-order valence-electron chi connectivity index (χ3n) is 0. The molecule has 2 radical (unpaired) electrons. The van der Waals surface area contributed by atoms with Gasteiger partial charge in [-0.05, 0) is 0 Å². The first-order chi connectivity index (χ1) is 0. The molecule has 0 aliphatic heterocycles. The molecule has 4 heteroatoms. The SMILES string of the molecule is [Be+2].[Cu].[H-].[H-].[Mn].[Zr]. The quantitative estimate of drug-likeness (QED) is 0.498. The molecular formula is H2BeCuMnZr. The van der Waals surface area contributed by atoms with Crippen LogP contribution in [-0.2, 0) is 60.3 Å². The van der Waals surface area contributed by atoms with Gasteiger partial charge < -0.3 is 2.85 Å². The van der Waals surface area contributed by atoms with Gasteiger partial charge in [0, 0.05) is 60.3 Å². The topological polar surface area (TPSA) is 0 Å². The van der Waals surface area contributed by atoms with Crippen molar-refractivity contribution in [2.75, 3.05) is 0 Å². The molecule has 0 spiro atoms. The van der Waals surface area contributed by atoms with Gasteiger partial charge in [-0.2, -0.15) is 0 Å². The first kappa shape index (κ1) is 36.1. The van der Waals surface area contributed by atoms with Crippen molar-refractivity contribution >= 4 is 10.1 Å². The fourth-order valence-electron chi connectivity index (χ4n) is 0. The van der Waals surface area contributed by atoms with Crippen molar-refractivity contribution in [2.45, 2.75) is 0 Å². The minimum atomic E-state index is 0. The summed E-state index contributed by atoms with van der Waals surface area (Å²) in [5.41, 5.74) is 0. The van der Waals surface area contributed by atoms with E-state index < -0.39 is 0 Å². The molecule has 26 valence electrons. The van der Waals surface area contributed by atoms with Crippen LogP contribution in [0.4, 0.5) is 0 Å². The molecule has 0 N–H and O–H groups in total. The summed E-state index contributed by atoms with van der Waals surface area (Å²) in [6.45, 7) is 0. The van der Waals surface area contributed by atoms with Crippen LogP contribution in [-0.4, -0.2) is 10.1 Å². The second kappa shape index (κ2) is 19.5. The second-order valence-electron chi connectivity index (χ2n) is 0. The molecular weight excluding hydrogens is 219 g/mol. The van der Waals surface area contributed by atoms with Crippen LogP contribution in [0.5, 0.6) is 0 Å². The van der Waals surface area contributed by atoms with E-state index in [2.05, 4.69) is 0 Å².